The number of amides is 8. The Bertz CT molecular complexity index is 4860. The van der Waals surface area contributed by atoms with Crippen LogP contribution < -0.4 is 72.9 Å². The van der Waals surface area contributed by atoms with Crippen LogP contribution in [0.4, 0.5) is 0 Å². The van der Waals surface area contributed by atoms with Crippen molar-refractivity contribution in [2.75, 3.05) is 25.5 Å². The van der Waals surface area contributed by atoms with E-state index in [1.807, 2.05) is 6.07 Å². The molecule has 18 atom stereocenters. The highest BCUT2D eigenvalue weighted by Crippen LogP contribution is 2.50. The second kappa shape index (κ2) is 37.5. The molecule has 8 amide bonds. The minimum atomic E-state index is -2.40. The molecule has 40 heteroatoms. The first-order valence-corrected chi connectivity index (χ1v) is 38.8. The number of phenols is 3. The average Bonchev–Trinajstić information content (AvgIpc) is 0.765. The van der Waals surface area contributed by atoms with E-state index >= 15 is 19.2 Å². The molecule has 13 rings (SSSR count). The lowest BCUT2D eigenvalue weighted by Gasteiger charge is -2.48. The number of primary amides is 1. The Labute approximate surface area is 686 Å². The van der Waals surface area contributed by atoms with Gasteiger partial charge >= 0.3 is 5.97 Å². The molecule has 37 nitrogen and oxygen atoms in total. The summed E-state index contributed by atoms with van der Waals surface area (Å²) >= 11 is 15.4. The van der Waals surface area contributed by atoms with Crippen LogP contribution in [0, 0.1) is 5.92 Å². The smallest absolute Gasteiger partial charge is 0.322 e. The lowest BCUT2D eigenvalue weighted by molar-refractivity contribution is -0.334. The number of carbonyl (C=O) groups is 10. The van der Waals surface area contributed by atoms with E-state index in [0.29, 0.717) is 24.5 Å². The number of carboxylic acid groups (broad SMARTS) is 1. The van der Waals surface area contributed by atoms with Crippen LogP contribution >= 0.6 is 35.0 Å². The lowest BCUT2D eigenvalue weighted by atomic mass is 9.84. The zero-order valence-electron chi connectivity index (χ0n) is 63.6. The SMILES string of the molecule is CC(=O)SCCCOc1cccc(CN[C@@]2(C)C[C@H](O[C@H]3[C@H](Oc4c5cc6cc4Oc4ccc(cc4Cl)[C@@H](O)[C@@H](NC(=O)[C@@H](N)C(C)C)C(=O)N[C@@H](CC(N)=O)C(=O)N[C@H]6C(=O)N[C@H]4C(=O)N[C@H](C(=O)N[C@H](C(=O)NCC(=O)O)c6cc(O)cc(O)c6-c6cc4ccc6O)[C@H](O)c4ccc(c(Cl)c4)O5)O[C@H](CO)[C@@H](O)[C@@H]3O)O[C@@H](C)[C@H]2O)c1. The maximum absolute atomic E-state index is 16.2. The number of aliphatic hydroxyl groups is 6. The number of phenolic OH excluding ortho intramolecular Hbond substituents is 3. The standard InChI is InChI=1S/C78H88Cl2N10O27S/c1-31(2)57(82)71(105)89-61-63(99)36-11-14-48(43(79)20-36)113-50-22-38-23-51(67(50)117-77-68(66(102)65(101)52(30-91)115-77)116-55-27-78(5,69(103)32(3)112-55)84-28-34-8-6-9-40(18-34)111-16-7-17-118-33(4)92)114-49-15-12-37(21-44(49)80)64(100)62-76(110)88-60(72(106)83-29-54(97)98)42-24-39(93)25-47(95)56(42)41-19-35(10-13-46(41)94)58(73(107)90-62)87-74(108)59(38)86-70(104)45(26-53(81)96)85-75(61)109/h6,8-15,18-25,31-32,45,52,55,57-66,68-69,77,84,91,93-95,99-103H,7,16-17,26-30,82H2,1-5H3,(H2,81,96)(H,83,106)(H,85,109)(H,86,104)(H,87,108)(H,88,110)(H,89,105)(H,90,107)(H,97,98)/t32-,45-,52+,55-,57-,58+,59+,60-,61+,62-,63+,64+,65+,66-,68+,69+,77-,78-/m0/s1. The number of benzene rings is 6. The molecule has 2 saturated heterocycles. The second-order valence-electron chi connectivity index (χ2n) is 29.2. The number of nitrogens with two attached hydrogens (primary N) is 2. The van der Waals surface area contributed by atoms with Crippen LogP contribution in [-0.4, -0.2) is 214 Å². The molecule has 11 bridgehead atoms. The highest BCUT2D eigenvalue weighted by molar-refractivity contribution is 8.13. The van der Waals surface area contributed by atoms with Crippen molar-refractivity contribution in [2.45, 2.75) is 170 Å². The van der Waals surface area contributed by atoms with Gasteiger partial charge in [-0.3, -0.25) is 47.9 Å². The maximum Gasteiger partial charge on any atom is 0.322 e. The van der Waals surface area contributed by atoms with Crippen LogP contribution in [0.15, 0.2) is 103 Å². The van der Waals surface area contributed by atoms with E-state index in [-0.39, 0.29) is 35.0 Å². The van der Waals surface area contributed by atoms with Crippen molar-refractivity contribution < 1.29 is 132 Å². The first kappa shape index (κ1) is 88.1. The summed E-state index contributed by atoms with van der Waals surface area (Å²) in [5.74, 6) is -17.1. The molecule has 0 saturated carbocycles. The number of rotatable bonds is 21. The molecule has 0 aromatic heterocycles. The maximum atomic E-state index is 16.2. The topological polar surface area (TPSA) is 586 Å². The van der Waals surface area contributed by atoms with Crippen molar-refractivity contribution in [1.29, 1.82) is 0 Å². The summed E-state index contributed by atoms with van der Waals surface area (Å²) < 4.78 is 45.3. The van der Waals surface area contributed by atoms with E-state index in [9.17, 15) is 79.8 Å². The fourth-order valence-corrected chi connectivity index (χ4v) is 14.9. The molecule has 6 aromatic carbocycles. The number of hydrogen-bond donors (Lipinski definition) is 20. The van der Waals surface area contributed by atoms with Gasteiger partial charge in [0.05, 0.1) is 47.9 Å². The average molecular weight is 1700 g/mol. The Morgan fingerprint density at radius 3 is 2.00 bits per heavy atom. The number of nitrogens with one attached hydrogen (secondary N) is 8. The minimum Gasteiger partial charge on any atom is -0.508 e. The van der Waals surface area contributed by atoms with Crippen LogP contribution in [0.2, 0.25) is 10.0 Å². The van der Waals surface area contributed by atoms with Crippen molar-refractivity contribution in [1.82, 2.24) is 42.5 Å². The molecule has 0 spiro atoms. The highest BCUT2D eigenvalue weighted by atomic mass is 35.5. The number of carboxylic acids is 1. The van der Waals surface area contributed by atoms with E-state index in [2.05, 4.69) is 42.5 Å². The van der Waals surface area contributed by atoms with Gasteiger partial charge in [0.15, 0.2) is 29.0 Å². The second-order valence-corrected chi connectivity index (χ2v) is 31.3. The molecule has 7 aliphatic heterocycles. The molecule has 7 heterocycles. The van der Waals surface area contributed by atoms with Gasteiger partial charge < -0.3 is 138 Å². The summed E-state index contributed by atoms with van der Waals surface area (Å²) in [6.07, 6.45) is -18.7. The Kier molecular flexibility index (Phi) is 28.0. The van der Waals surface area contributed by atoms with E-state index in [4.69, 9.17) is 67.8 Å². The van der Waals surface area contributed by atoms with Gasteiger partial charge in [-0.1, -0.05) is 79.1 Å². The van der Waals surface area contributed by atoms with Gasteiger partial charge in [-0.2, -0.15) is 0 Å². The first-order chi connectivity index (χ1) is 55.9. The number of halogens is 2. The molecule has 0 radical (unpaired) electrons. The number of aliphatic hydroxyl groups excluding tert-OH is 6. The number of ether oxygens (including phenoxy) is 7. The van der Waals surface area contributed by atoms with Crippen molar-refractivity contribution >= 4 is 93.3 Å². The molecule has 22 N–H and O–H groups in total. The van der Waals surface area contributed by atoms with Gasteiger partial charge in [0.25, 0.3) is 0 Å². The van der Waals surface area contributed by atoms with E-state index < -0.39 is 266 Å². The molecular weight excluding hydrogens is 1610 g/mol. The summed E-state index contributed by atoms with van der Waals surface area (Å²) in [5, 5.41) is 135. The van der Waals surface area contributed by atoms with Crippen molar-refractivity contribution in [3.63, 3.8) is 0 Å². The van der Waals surface area contributed by atoms with Gasteiger partial charge in [-0.15, -0.1) is 0 Å². The van der Waals surface area contributed by atoms with Gasteiger partial charge in [0.2, 0.25) is 59.3 Å². The first-order valence-electron chi connectivity index (χ1n) is 37.0. The Balaban J connectivity index is 1.10. The predicted molar refractivity (Wildman–Crippen MR) is 415 cm³/mol. The summed E-state index contributed by atoms with van der Waals surface area (Å²) in [6, 6.07) is 5.67. The normalized spacial score (nSPS) is 26.8. The van der Waals surface area contributed by atoms with Crippen LogP contribution in [0.1, 0.15) is 118 Å². The van der Waals surface area contributed by atoms with E-state index in [1.54, 1.807) is 45.9 Å². The summed E-state index contributed by atoms with van der Waals surface area (Å²) in [5.41, 5.74) is 8.39. The number of carbonyl (C=O) groups excluding carboxylic acids is 9. The van der Waals surface area contributed by atoms with Crippen molar-refractivity contribution in [3.05, 3.63) is 147 Å². The third-order valence-corrected chi connectivity index (χ3v) is 21.8. The van der Waals surface area contributed by atoms with Crippen LogP contribution in [-0.2, 0) is 68.7 Å². The van der Waals surface area contributed by atoms with Gasteiger partial charge in [-0.25, -0.2) is 0 Å². The van der Waals surface area contributed by atoms with Gasteiger partial charge in [0.1, 0.15) is 108 Å². The largest absolute Gasteiger partial charge is 0.508 e. The van der Waals surface area contributed by atoms with Crippen LogP contribution in [0.3, 0.4) is 0 Å². The van der Waals surface area contributed by atoms with Crippen LogP contribution in [0.5, 0.6) is 51.7 Å². The molecule has 0 aliphatic carbocycles. The molecule has 632 valence electrons. The zero-order valence-corrected chi connectivity index (χ0v) is 65.9. The quantitative estimate of drug-likeness (QED) is 0.0453. The molecule has 2 fully saturated rings. The summed E-state index contributed by atoms with van der Waals surface area (Å²) in [6.45, 7) is 6.22. The monoisotopic (exact) mass is 1700 g/mol. The van der Waals surface area contributed by atoms with E-state index in [1.165, 1.54) is 24.8 Å². The fourth-order valence-electron chi connectivity index (χ4n) is 13.9. The summed E-state index contributed by atoms with van der Waals surface area (Å²) in [4.78, 5) is 142. The van der Waals surface area contributed by atoms with Gasteiger partial charge in [0, 0.05) is 48.4 Å². The molecule has 6 aromatic rings. The Hall–Kier alpha value is -10.7. The molecule has 118 heavy (non-hydrogen) atoms. The van der Waals surface area contributed by atoms with Crippen LogP contribution in [0.25, 0.3) is 11.1 Å². The highest BCUT2D eigenvalue weighted by Gasteiger charge is 2.52. The lowest BCUT2D eigenvalue weighted by Crippen LogP contribution is -2.65. The third kappa shape index (κ3) is 20.2. The Morgan fingerprint density at radius 2 is 1.36 bits per heavy atom. The molecular formula is C78H88Cl2N10O27S. The number of aliphatic carboxylic acids is 1. The summed E-state index contributed by atoms with van der Waals surface area (Å²) in [7, 11) is 0. The molecule has 7 aliphatic rings. The number of thioether (sulfide) groups is 1. The zero-order chi connectivity index (χ0) is 85.6. The number of fused-ring (bicyclic) bond motifs is 15. The van der Waals surface area contributed by atoms with Crippen molar-refractivity contribution in [3.8, 4) is 62.9 Å². The minimum absolute atomic E-state index is 0.0214. The number of hydrogen-bond acceptors (Lipinski definition) is 29. The molecule has 0 unspecified atom stereocenters. The fraction of sp³-hybridized carbons (Fsp3) is 0.410. The number of aromatic hydroxyl groups is 3. The Morgan fingerprint density at radius 1 is 0.720 bits per heavy atom. The van der Waals surface area contributed by atoms with Gasteiger partial charge in [-0.05, 0) is 126 Å². The third-order valence-electron chi connectivity index (χ3n) is 20.3. The van der Waals surface area contributed by atoms with Crippen molar-refractivity contribution in [2.24, 2.45) is 17.4 Å². The predicted octanol–water partition coefficient (Wildman–Crippen LogP) is 1.45. The van der Waals surface area contributed by atoms with E-state index in [0.717, 1.165) is 78.4 Å².